The molecule has 0 saturated carbocycles. The second-order valence-electron chi connectivity index (χ2n) is 6.96. The lowest BCUT2D eigenvalue weighted by molar-refractivity contribution is 0.0760. The van der Waals surface area contributed by atoms with Gasteiger partial charge in [-0.15, -0.1) is 24.8 Å². The van der Waals surface area contributed by atoms with Gasteiger partial charge in [0.2, 0.25) is 0 Å². The fourth-order valence-corrected chi connectivity index (χ4v) is 3.40. The third kappa shape index (κ3) is 5.86. The molecule has 27 heavy (non-hydrogen) atoms. The predicted molar refractivity (Wildman–Crippen MR) is 117 cm³/mol. The SMILES string of the molecule is Cc1ccc(N)cc1C(=O)N1CCC(C)N(Cc2ccccc2)CC1.Cl.Cl. The lowest BCUT2D eigenvalue weighted by Gasteiger charge is -2.26. The van der Waals surface area contributed by atoms with Gasteiger partial charge in [0.25, 0.3) is 5.91 Å². The van der Waals surface area contributed by atoms with E-state index in [0.29, 0.717) is 11.7 Å². The van der Waals surface area contributed by atoms with Crippen LogP contribution in [0.3, 0.4) is 0 Å². The summed E-state index contributed by atoms with van der Waals surface area (Å²) in [6.07, 6.45) is 0.986. The average Bonchev–Trinajstić information content (AvgIpc) is 2.80. The van der Waals surface area contributed by atoms with Crippen LogP contribution in [0.2, 0.25) is 0 Å². The van der Waals surface area contributed by atoms with Crippen LogP contribution in [0.25, 0.3) is 0 Å². The number of anilines is 1. The van der Waals surface area contributed by atoms with Crippen molar-refractivity contribution in [1.29, 1.82) is 0 Å². The van der Waals surface area contributed by atoms with Crippen LogP contribution in [-0.4, -0.2) is 41.4 Å². The molecule has 1 aliphatic rings. The molecule has 148 valence electrons. The Morgan fingerprint density at radius 3 is 2.48 bits per heavy atom. The summed E-state index contributed by atoms with van der Waals surface area (Å²) in [4.78, 5) is 17.4. The van der Waals surface area contributed by atoms with Crippen LogP contribution in [0.15, 0.2) is 48.5 Å². The third-order valence-electron chi connectivity index (χ3n) is 5.11. The molecule has 0 aromatic heterocycles. The van der Waals surface area contributed by atoms with Crippen LogP contribution in [-0.2, 0) is 6.54 Å². The normalized spacial score (nSPS) is 17.4. The maximum Gasteiger partial charge on any atom is 0.254 e. The fraction of sp³-hybridized carbons (Fsp3) is 0.381. The molecule has 1 fully saturated rings. The molecule has 4 nitrogen and oxygen atoms in total. The Labute approximate surface area is 174 Å². The molecule has 2 aromatic rings. The highest BCUT2D eigenvalue weighted by molar-refractivity contribution is 5.96. The highest BCUT2D eigenvalue weighted by Crippen LogP contribution is 2.19. The van der Waals surface area contributed by atoms with Gasteiger partial charge in [-0.1, -0.05) is 36.4 Å². The highest BCUT2D eigenvalue weighted by atomic mass is 35.5. The minimum absolute atomic E-state index is 0. The molecule has 0 bridgehead atoms. The van der Waals surface area contributed by atoms with Crippen molar-refractivity contribution in [3.05, 3.63) is 65.2 Å². The molecule has 1 amide bonds. The molecule has 1 atom stereocenters. The molecule has 0 spiro atoms. The molecule has 6 heteroatoms. The monoisotopic (exact) mass is 409 g/mol. The van der Waals surface area contributed by atoms with Gasteiger partial charge in [-0.05, 0) is 43.5 Å². The summed E-state index contributed by atoms with van der Waals surface area (Å²) in [5, 5.41) is 0. The zero-order valence-corrected chi connectivity index (χ0v) is 17.6. The first-order valence-corrected chi connectivity index (χ1v) is 8.98. The summed E-state index contributed by atoms with van der Waals surface area (Å²) in [5.74, 6) is 0.0959. The van der Waals surface area contributed by atoms with E-state index in [-0.39, 0.29) is 30.7 Å². The number of rotatable bonds is 3. The van der Waals surface area contributed by atoms with Crippen molar-refractivity contribution in [2.45, 2.75) is 32.9 Å². The number of hydrogen-bond acceptors (Lipinski definition) is 3. The van der Waals surface area contributed by atoms with Crippen molar-refractivity contribution >= 4 is 36.4 Å². The smallest absolute Gasteiger partial charge is 0.254 e. The quantitative estimate of drug-likeness (QED) is 0.774. The van der Waals surface area contributed by atoms with Crippen LogP contribution in [0.5, 0.6) is 0 Å². The number of carbonyl (C=O) groups excluding carboxylic acids is 1. The molecule has 0 radical (unpaired) electrons. The summed E-state index contributed by atoms with van der Waals surface area (Å²) in [6.45, 7) is 7.59. The van der Waals surface area contributed by atoms with Gasteiger partial charge in [-0.25, -0.2) is 0 Å². The second kappa shape index (κ2) is 10.5. The standard InChI is InChI=1S/C21H27N3O.2ClH/c1-16-8-9-19(22)14-20(16)21(25)23-11-10-17(2)24(13-12-23)15-18-6-4-3-5-7-18;;/h3-9,14,17H,10-13,15,22H2,1-2H3;2*1H. The van der Waals surface area contributed by atoms with E-state index < -0.39 is 0 Å². The van der Waals surface area contributed by atoms with Gasteiger partial charge in [0.15, 0.2) is 0 Å². The van der Waals surface area contributed by atoms with Gasteiger partial charge >= 0.3 is 0 Å². The summed E-state index contributed by atoms with van der Waals surface area (Å²) < 4.78 is 0. The Hall–Kier alpha value is -1.75. The van der Waals surface area contributed by atoms with Gasteiger partial charge in [0, 0.05) is 43.5 Å². The molecular formula is C21H29Cl2N3O. The third-order valence-corrected chi connectivity index (χ3v) is 5.11. The number of nitrogen functional groups attached to an aromatic ring is 1. The molecule has 1 aliphatic heterocycles. The van der Waals surface area contributed by atoms with Gasteiger partial charge in [-0.3, -0.25) is 9.69 Å². The Bertz CT molecular complexity index is 739. The lowest BCUT2D eigenvalue weighted by Crippen LogP contribution is -2.36. The first-order chi connectivity index (χ1) is 12.0. The average molecular weight is 410 g/mol. The van der Waals surface area contributed by atoms with E-state index in [1.807, 2.05) is 30.0 Å². The molecule has 1 saturated heterocycles. The van der Waals surface area contributed by atoms with Crippen LogP contribution in [0.1, 0.15) is 34.8 Å². The number of aryl methyl sites for hydroxylation is 1. The highest BCUT2D eigenvalue weighted by Gasteiger charge is 2.25. The van der Waals surface area contributed by atoms with Crippen molar-refractivity contribution in [2.75, 3.05) is 25.4 Å². The largest absolute Gasteiger partial charge is 0.399 e. The van der Waals surface area contributed by atoms with E-state index in [0.717, 1.165) is 43.7 Å². The first kappa shape index (κ1) is 23.3. The lowest BCUT2D eigenvalue weighted by atomic mass is 10.1. The van der Waals surface area contributed by atoms with E-state index in [2.05, 4.69) is 36.1 Å². The van der Waals surface area contributed by atoms with Crippen LogP contribution in [0, 0.1) is 6.92 Å². The van der Waals surface area contributed by atoms with E-state index in [9.17, 15) is 4.79 Å². The second-order valence-corrected chi connectivity index (χ2v) is 6.96. The zero-order chi connectivity index (χ0) is 17.8. The van der Waals surface area contributed by atoms with Gasteiger partial charge < -0.3 is 10.6 Å². The Morgan fingerprint density at radius 2 is 1.78 bits per heavy atom. The number of halogens is 2. The minimum atomic E-state index is 0. The fourth-order valence-electron chi connectivity index (χ4n) is 3.40. The number of carbonyl (C=O) groups is 1. The maximum absolute atomic E-state index is 12.9. The topological polar surface area (TPSA) is 49.6 Å². The summed E-state index contributed by atoms with van der Waals surface area (Å²) in [5.41, 5.74) is 9.55. The van der Waals surface area contributed by atoms with E-state index in [1.54, 1.807) is 6.07 Å². The van der Waals surface area contributed by atoms with Crippen molar-refractivity contribution in [3.8, 4) is 0 Å². The number of amides is 1. The first-order valence-electron chi connectivity index (χ1n) is 8.98. The number of benzene rings is 2. The molecule has 2 aromatic carbocycles. The van der Waals surface area contributed by atoms with E-state index in [4.69, 9.17) is 5.73 Å². The molecule has 1 heterocycles. The van der Waals surface area contributed by atoms with Crippen LogP contribution in [0.4, 0.5) is 5.69 Å². The van der Waals surface area contributed by atoms with E-state index in [1.165, 1.54) is 5.56 Å². The molecule has 0 aliphatic carbocycles. The zero-order valence-electron chi connectivity index (χ0n) is 15.9. The molecule has 2 N–H and O–H groups in total. The van der Waals surface area contributed by atoms with Crippen LogP contribution < -0.4 is 5.73 Å². The minimum Gasteiger partial charge on any atom is -0.399 e. The van der Waals surface area contributed by atoms with Crippen molar-refractivity contribution in [3.63, 3.8) is 0 Å². The Morgan fingerprint density at radius 1 is 1.07 bits per heavy atom. The van der Waals surface area contributed by atoms with Crippen LogP contribution >= 0.6 is 24.8 Å². The van der Waals surface area contributed by atoms with Crippen molar-refractivity contribution in [2.24, 2.45) is 0 Å². The molecule has 1 unspecified atom stereocenters. The number of nitrogens with two attached hydrogens (primary N) is 1. The van der Waals surface area contributed by atoms with Gasteiger partial charge in [0.1, 0.15) is 0 Å². The molecule has 3 rings (SSSR count). The van der Waals surface area contributed by atoms with Crippen molar-refractivity contribution in [1.82, 2.24) is 9.80 Å². The Kier molecular flexibility index (Phi) is 9.10. The summed E-state index contributed by atoms with van der Waals surface area (Å²) >= 11 is 0. The summed E-state index contributed by atoms with van der Waals surface area (Å²) in [6, 6.07) is 16.6. The predicted octanol–water partition coefficient (Wildman–Crippen LogP) is 4.16. The van der Waals surface area contributed by atoms with E-state index >= 15 is 0 Å². The maximum atomic E-state index is 12.9. The van der Waals surface area contributed by atoms with Gasteiger partial charge in [-0.2, -0.15) is 0 Å². The molecular weight excluding hydrogens is 381 g/mol. The number of hydrogen-bond donors (Lipinski definition) is 1. The number of nitrogens with zero attached hydrogens (tertiary/aromatic N) is 2. The summed E-state index contributed by atoms with van der Waals surface area (Å²) in [7, 11) is 0. The Balaban J connectivity index is 0.00000182. The van der Waals surface area contributed by atoms with Crippen molar-refractivity contribution < 1.29 is 4.79 Å². The van der Waals surface area contributed by atoms with Gasteiger partial charge in [0.05, 0.1) is 0 Å².